The first-order valence-corrected chi connectivity index (χ1v) is 15.3. The van der Waals surface area contributed by atoms with Gasteiger partial charge in [-0.25, -0.2) is 0 Å². The van der Waals surface area contributed by atoms with Crippen LogP contribution in [0.3, 0.4) is 0 Å². The molecule has 1 aromatic heterocycles. The summed E-state index contributed by atoms with van der Waals surface area (Å²) in [5.41, 5.74) is 4.16. The summed E-state index contributed by atoms with van der Waals surface area (Å²) in [6.07, 6.45) is 6.75. The molecule has 0 atom stereocenters. The minimum atomic E-state index is -0.337. The Morgan fingerprint density at radius 2 is 1.54 bits per heavy atom. The molecule has 219 valence electrons. The van der Waals surface area contributed by atoms with Gasteiger partial charge in [0.25, 0.3) is 0 Å². The Kier molecular flexibility index (Phi) is 10.7. The molecule has 0 amide bonds. The number of aliphatic hydroxyl groups is 1. The summed E-state index contributed by atoms with van der Waals surface area (Å²) in [5.74, 6) is 0.286. The van der Waals surface area contributed by atoms with Crippen molar-refractivity contribution < 1.29 is 30.0 Å². The Bertz CT molecular complexity index is 1590. The van der Waals surface area contributed by atoms with Crippen molar-refractivity contribution in [3.8, 4) is 11.3 Å². The third-order valence-corrected chi connectivity index (χ3v) is 10.3. The number of carbonyl (C=O) groups is 1. The number of fused-ring (bicyclic) bond motifs is 3. The van der Waals surface area contributed by atoms with E-state index in [1.54, 1.807) is 0 Å². The van der Waals surface area contributed by atoms with E-state index in [2.05, 4.69) is 62.4 Å². The fourth-order valence-electron chi connectivity index (χ4n) is 5.20. The number of hydrogen-bond acceptors (Lipinski definition) is 4. The first-order valence-electron chi connectivity index (χ1n) is 14.5. The van der Waals surface area contributed by atoms with Crippen LogP contribution < -0.4 is 0 Å². The second kappa shape index (κ2) is 13.2. The predicted molar refractivity (Wildman–Crippen MR) is 170 cm³/mol. The molecule has 0 fully saturated rings. The molecular weight excluding hydrogens is 703 g/mol. The quantitative estimate of drug-likeness (QED) is 0.102. The zero-order chi connectivity index (χ0) is 29.2. The standard InChI is InChI=1S/C21H14NS.C15H28O2.Ir/c1-12-7-8-17-20-19(12)13(2)11-22-21(20)16-9-14-5-3-4-6-15(14)10-18(16)23-17;1-7-14(5,8-2)12(16)11-13(17)15(6,9-3)10-4;/h3-8,10-11H,1-2H3;11,16H,7-10H2,1-6H3;/q-1;;/b;12-11-;. The number of aromatic nitrogens is 1. The van der Waals surface area contributed by atoms with Crippen LogP contribution in [0.15, 0.2) is 70.3 Å². The summed E-state index contributed by atoms with van der Waals surface area (Å²) in [7, 11) is 0. The van der Waals surface area contributed by atoms with Gasteiger partial charge < -0.3 is 5.11 Å². The number of benzene rings is 3. The Morgan fingerprint density at radius 3 is 2.17 bits per heavy atom. The largest absolute Gasteiger partial charge is 0.512 e. The monoisotopic (exact) mass is 745 g/mol. The number of rotatable bonds is 7. The van der Waals surface area contributed by atoms with Gasteiger partial charge in [-0.15, -0.1) is 35.3 Å². The normalized spacial score (nSPS) is 12.8. The summed E-state index contributed by atoms with van der Waals surface area (Å²) in [4.78, 5) is 19.5. The van der Waals surface area contributed by atoms with Gasteiger partial charge in [-0.05, 0) is 72.4 Å². The van der Waals surface area contributed by atoms with Crippen LogP contribution in [-0.4, -0.2) is 15.9 Å². The summed E-state index contributed by atoms with van der Waals surface area (Å²) in [6, 6.07) is 18.7. The molecule has 0 spiro atoms. The average molecular weight is 745 g/mol. The summed E-state index contributed by atoms with van der Waals surface area (Å²) >= 11 is 1.84. The SMILES string of the molecule is CCC(C)(CC)C(=O)/C=C(\O)C(C)(CC)CC.Cc1ccc2c3c(ncc(C)c13)-c1[c-]c3ccccc3cc1S2.[Ir]. The van der Waals surface area contributed by atoms with Gasteiger partial charge >= 0.3 is 0 Å². The van der Waals surface area contributed by atoms with E-state index in [0.717, 1.165) is 42.3 Å². The first kappa shape index (κ1) is 33.0. The van der Waals surface area contributed by atoms with Crippen LogP contribution in [-0.2, 0) is 24.9 Å². The van der Waals surface area contributed by atoms with Crippen molar-refractivity contribution >= 4 is 39.1 Å². The van der Waals surface area contributed by atoms with E-state index in [0.29, 0.717) is 0 Å². The zero-order valence-corrected chi connectivity index (χ0v) is 28.8. The molecule has 3 nitrogen and oxygen atoms in total. The molecule has 0 aliphatic carbocycles. The Hall–Kier alpha value is -2.46. The molecule has 4 aromatic rings. The molecular formula is C36H42IrNO2S-. The van der Waals surface area contributed by atoms with Crippen molar-refractivity contribution in [2.75, 3.05) is 0 Å². The van der Waals surface area contributed by atoms with E-state index in [1.165, 1.54) is 43.2 Å². The van der Waals surface area contributed by atoms with Crippen LogP contribution in [0.1, 0.15) is 78.4 Å². The smallest absolute Gasteiger partial charge is 0.164 e. The number of pyridine rings is 1. The third-order valence-electron chi connectivity index (χ3n) is 9.21. The Labute approximate surface area is 263 Å². The molecule has 0 saturated carbocycles. The van der Waals surface area contributed by atoms with E-state index in [9.17, 15) is 9.90 Å². The van der Waals surface area contributed by atoms with Gasteiger partial charge in [-0.3, -0.25) is 9.78 Å². The number of hydrogen-bond donors (Lipinski definition) is 1. The van der Waals surface area contributed by atoms with Crippen LogP contribution in [0.25, 0.3) is 32.8 Å². The van der Waals surface area contributed by atoms with Crippen molar-refractivity contribution in [1.82, 2.24) is 4.98 Å². The second-order valence-corrected chi connectivity index (χ2v) is 12.6. The molecule has 0 unspecified atom stereocenters. The molecule has 41 heavy (non-hydrogen) atoms. The molecule has 0 saturated heterocycles. The van der Waals surface area contributed by atoms with E-state index in [4.69, 9.17) is 4.98 Å². The topological polar surface area (TPSA) is 50.2 Å². The van der Waals surface area contributed by atoms with Gasteiger partial charge in [-0.1, -0.05) is 76.8 Å². The number of nitrogens with zero attached hydrogens (tertiary/aromatic N) is 1. The van der Waals surface area contributed by atoms with Gasteiger partial charge in [-0.2, -0.15) is 0 Å². The molecule has 5 rings (SSSR count). The predicted octanol–water partition coefficient (Wildman–Crippen LogP) is 10.6. The minimum absolute atomic E-state index is 0. The fourth-order valence-corrected chi connectivity index (χ4v) is 6.31. The number of allylic oxidation sites excluding steroid dienone is 2. The maximum absolute atomic E-state index is 12.2. The molecule has 3 aromatic carbocycles. The third kappa shape index (κ3) is 6.33. The van der Waals surface area contributed by atoms with E-state index in [-0.39, 0.29) is 42.5 Å². The van der Waals surface area contributed by atoms with Gasteiger partial charge in [0.05, 0.1) is 0 Å². The first-order chi connectivity index (χ1) is 19.0. The summed E-state index contributed by atoms with van der Waals surface area (Å²) in [5, 5.41) is 15.1. The fraction of sp³-hybridized carbons (Fsp3) is 0.389. The van der Waals surface area contributed by atoms with Crippen LogP contribution in [0.4, 0.5) is 0 Å². The molecule has 2 heterocycles. The van der Waals surface area contributed by atoms with Gasteiger partial charge in [0, 0.05) is 53.8 Å². The average Bonchev–Trinajstić information content (AvgIpc) is 2.97. The Balaban J connectivity index is 0.000000233. The molecule has 1 radical (unpaired) electrons. The summed E-state index contributed by atoms with van der Waals surface area (Å²) < 4.78 is 0. The van der Waals surface area contributed by atoms with Gasteiger partial charge in [0.2, 0.25) is 0 Å². The molecule has 5 heteroatoms. The van der Waals surface area contributed by atoms with Crippen molar-refractivity contribution in [3.63, 3.8) is 0 Å². The number of aryl methyl sites for hydroxylation is 2. The van der Waals surface area contributed by atoms with Gasteiger partial charge in [0.1, 0.15) is 5.76 Å². The van der Waals surface area contributed by atoms with Crippen LogP contribution in [0, 0.1) is 30.7 Å². The maximum Gasteiger partial charge on any atom is 0.164 e. The zero-order valence-electron chi connectivity index (χ0n) is 25.6. The van der Waals surface area contributed by atoms with Crippen LogP contribution in [0.5, 0.6) is 0 Å². The van der Waals surface area contributed by atoms with Crippen molar-refractivity contribution in [2.45, 2.75) is 90.9 Å². The maximum atomic E-state index is 12.2. The Morgan fingerprint density at radius 1 is 0.902 bits per heavy atom. The van der Waals surface area contributed by atoms with Crippen molar-refractivity contribution in [1.29, 1.82) is 0 Å². The van der Waals surface area contributed by atoms with E-state index >= 15 is 0 Å². The second-order valence-electron chi connectivity index (χ2n) is 11.5. The van der Waals surface area contributed by atoms with Crippen LogP contribution >= 0.6 is 11.8 Å². The number of ketones is 1. The van der Waals surface area contributed by atoms with E-state index in [1.807, 2.05) is 59.5 Å². The number of aliphatic hydroxyl groups excluding tert-OH is 1. The van der Waals surface area contributed by atoms with E-state index < -0.39 is 0 Å². The number of carbonyl (C=O) groups excluding carboxylic acids is 1. The van der Waals surface area contributed by atoms with Crippen molar-refractivity contribution in [3.05, 3.63) is 77.7 Å². The van der Waals surface area contributed by atoms with Crippen LogP contribution in [0.2, 0.25) is 0 Å². The molecule has 1 aliphatic heterocycles. The summed E-state index contributed by atoms with van der Waals surface area (Å²) in [6.45, 7) is 16.4. The van der Waals surface area contributed by atoms with Crippen molar-refractivity contribution in [2.24, 2.45) is 10.8 Å². The molecule has 0 bridgehead atoms. The minimum Gasteiger partial charge on any atom is -0.512 e. The molecule has 1 N–H and O–H groups in total. The van der Waals surface area contributed by atoms with Gasteiger partial charge in [0.15, 0.2) is 5.78 Å². The molecule has 1 aliphatic rings.